The number of methoxy groups -OCH3 is 3. The summed E-state index contributed by atoms with van der Waals surface area (Å²) in [7, 11) is 4.61. The average Bonchev–Trinajstić information content (AvgIpc) is 3.34. The van der Waals surface area contributed by atoms with Crippen molar-refractivity contribution in [3.8, 4) is 17.2 Å². The molecule has 0 saturated heterocycles. The highest BCUT2D eigenvalue weighted by molar-refractivity contribution is 5.95. The van der Waals surface area contributed by atoms with Crippen LogP contribution in [0.2, 0.25) is 0 Å². The molecule has 0 aliphatic rings. The summed E-state index contributed by atoms with van der Waals surface area (Å²) in [5.41, 5.74) is 3.94. The van der Waals surface area contributed by atoms with E-state index < -0.39 is 0 Å². The van der Waals surface area contributed by atoms with Gasteiger partial charge in [0, 0.05) is 25.1 Å². The molecule has 1 heterocycles. The average molecular weight is 538 g/mol. The van der Waals surface area contributed by atoms with Gasteiger partial charge < -0.3 is 24.1 Å². The molecule has 1 amide bonds. The number of nitrogens with one attached hydrogen (secondary N) is 1. The third-order valence-electron chi connectivity index (χ3n) is 7.23. The second-order valence-electron chi connectivity index (χ2n) is 9.72. The number of carbonyl (C=O) groups is 1. The van der Waals surface area contributed by atoms with Gasteiger partial charge in [-0.1, -0.05) is 61.0 Å². The molecule has 206 valence electrons. The van der Waals surface area contributed by atoms with E-state index in [1.54, 1.807) is 19.2 Å². The Hall–Kier alpha value is -4.52. The van der Waals surface area contributed by atoms with Crippen LogP contribution in [0.25, 0.3) is 21.8 Å². The number of unbranched alkanes of at least 4 members (excludes halogenated alkanes) is 2. The molecule has 0 atom stereocenters. The van der Waals surface area contributed by atoms with Gasteiger partial charge in [0.1, 0.15) is 5.82 Å². The van der Waals surface area contributed by atoms with Gasteiger partial charge in [0.05, 0.1) is 32.4 Å². The zero-order valence-corrected chi connectivity index (χ0v) is 23.3. The molecule has 5 rings (SSSR count). The van der Waals surface area contributed by atoms with Crippen molar-refractivity contribution in [2.75, 3.05) is 27.9 Å². The minimum atomic E-state index is -0.170. The molecule has 7 nitrogen and oxygen atoms in total. The molecule has 40 heavy (non-hydrogen) atoms. The number of aromatic nitrogens is 2. The molecule has 7 heteroatoms. The van der Waals surface area contributed by atoms with E-state index in [4.69, 9.17) is 19.2 Å². The lowest BCUT2D eigenvalue weighted by Gasteiger charge is -2.14. The number of para-hydroxylation sites is 2. The number of aryl methyl sites for hydroxylation is 1. The fourth-order valence-electron chi connectivity index (χ4n) is 5.19. The summed E-state index contributed by atoms with van der Waals surface area (Å²) >= 11 is 0. The molecule has 0 fully saturated rings. The molecule has 4 aromatic carbocycles. The van der Waals surface area contributed by atoms with Crippen LogP contribution in [-0.4, -0.2) is 43.3 Å². The Morgan fingerprint density at radius 2 is 1.55 bits per heavy atom. The van der Waals surface area contributed by atoms with Crippen molar-refractivity contribution >= 4 is 27.7 Å². The predicted molar refractivity (Wildman–Crippen MR) is 159 cm³/mol. The largest absolute Gasteiger partial charge is 0.493 e. The molecule has 0 saturated carbocycles. The lowest BCUT2D eigenvalue weighted by atomic mass is 10.0. The van der Waals surface area contributed by atoms with Gasteiger partial charge in [-0.15, -0.1) is 0 Å². The third-order valence-corrected chi connectivity index (χ3v) is 7.23. The minimum absolute atomic E-state index is 0.170. The maximum Gasteiger partial charge on any atom is 0.251 e. The summed E-state index contributed by atoms with van der Waals surface area (Å²) in [6.07, 6.45) is 3.71. The summed E-state index contributed by atoms with van der Waals surface area (Å²) in [5.74, 6) is 2.30. The highest BCUT2D eigenvalue weighted by Crippen LogP contribution is 2.38. The van der Waals surface area contributed by atoms with Gasteiger partial charge in [-0.3, -0.25) is 4.79 Å². The van der Waals surface area contributed by atoms with Crippen LogP contribution in [0, 0.1) is 0 Å². The highest BCUT2D eigenvalue weighted by Gasteiger charge is 2.17. The van der Waals surface area contributed by atoms with E-state index in [2.05, 4.69) is 70.5 Å². The smallest absolute Gasteiger partial charge is 0.251 e. The van der Waals surface area contributed by atoms with Crippen LogP contribution in [0.3, 0.4) is 0 Å². The fraction of sp³-hybridized carbons (Fsp3) is 0.273. The van der Waals surface area contributed by atoms with Crippen molar-refractivity contribution in [2.24, 2.45) is 0 Å². The number of hydrogen-bond donors (Lipinski definition) is 1. The molecule has 0 radical (unpaired) electrons. The molecule has 1 aromatic heterocycles. The van der Waals surface area contributed by atoms with Gasteiger partial charge in [-0.2, -0.15) is 0 Å². The number of imidazole rings is 1. The lowest BCUT2D eigenvalue weighted by Crippen LogP contribution is -2.24. The number of ether oxygens (including phenoxy) is 3. The van der Waals surface area contributed by atoms with Crippen molar-refractivity contribution in [3.05, 3.63) is 95.8 Å². The van der Waals surface area contributed by atoms with E-state index in [1.807, 2.05) is 6.07 Å². The molecule has 5 aromatic rings. The topological polar surface area (TPSA) is 74.6 Å². The van der Waals surface area contributed by atoms with Crippen LogP contribution < -0.4 is 19.5 Å². The first-order valence-electron chi connectivity index (χ1n) is 13.6. The fourth-order valence-corrected chi connectivity index (χ4v) is 5.19. The van der Waals surface area contributed by atoms with Gasteiger partial charge in [0.2, 0.25) is 5.75 Å². The second-order valence-corrected chi connectivity index (χ2v) is 9.72. The maximum atomic E-state index is 12.8. The Morgan fingerprint density at radius 3 is 2.33 bits per heavy atom. The Balaban J connectivity index is 1.20. The lowest BCUT2D eigenvalue weighted by molar-refractivity contribution is 0.0952. The standard InChI is InChI=1S/C33H35N3O4/c1-38-29-20-25(21-30(39-2)32(29)40-3)33(37)34-19-10-4-5-18-31-35-27-16-8-9-17-28(27)36(31)22-24-14-11-13-23-12-6-7-15-26(23)24/h6-9,11-17,20-21H,4-5,10,18-19,22H2,1-3H3,(H,34,37). The Kier molecular flexibility index (Phi) is 8.50. The van der Waals surface area contributed by atoms with Crippen LogP contribution in [0.15, 0.2) is 78.9 Å². The van der Waals surface area contributed by atoms with Gasteiger partial charge in [0.15, 0.2) is 11.5 Å². The molecule has 1 N–H and O–H groups in total. The molecule has 0 spiro atoms. The monoisotopic (exact) mass is 537 g/mol. The highest BCUT2D eigenvalue weighted by atomic mass is 16.5. The quantitative estimate of drug-likeness (QED) is 0.186. The Labute approximate surface area is 234 Å². The number of nitrogens with zero attached hydrogens (tertiary/aromatic N) is 2. The number of hydrogen-bond acceptors (Lipinski definition) is 5. The van der Waals surface area contributed by atoms with Gasteiger partial charge >= 0.3 is 0 Å². The zero-order chi connectivity index (χ0) is 27.9. The molecule has 0 aliphatic heterocycles. The Morgan fingerprint density at radius 1 is 0.825 bits per heavy atom. The Bertz CT molecular complexity index is 1590. The van der Waals surface area contributed by atoms with E-state index in [0.29, 0.717) is 29.4 Å². The van der Waals surface area contributed by atoms with Gasteiger partial charge in [0.25, 0.3) is 5.91 Å². The number of fused-ring (bicyclic) bond motifs is 2. The van der Waals surface area contributed by atoms with Gasteiger partial charge in [-0.25, -0.2) is 4.98 Å². The number of rotatable bonds is 12. The van der Waals surface area contributed by atoms with E-state index in [9.17, 15) is 4.79 Å². The first-order valence-corrected chi connectivity index (χ1v) is 13.6. The van der Waals surface area contributed by atoms with Crippen molar-refractivity contribution in [3.63, 3.8) is 0 Å². The number of amides is 1. The van der Waals surface area contributed by atoms with E-state index in [-0.39, 0.29) is 5.91 Å². The van der Waals surface area contributed by atoms with Crippen molar-refractivity contribution < 1.29 is 19.0 Å². The van der Waals surface area contributed by atoms with Crippen LogP contribution >= 0.6 is 0 Å². The molecule has 0 bridgehead atoms. The summed E-state index contributed by atoms with van der Waals surface area (Å²) in [6.45, 7) is 1.37. The summed E-state index contributed by atoms with van der Waals surface area (Å²) < 4.78 is 18.4. The zero-order valence-electron chi connectivity index (χ0n) is 23.3. The van der Waals surface area contributed by atoms with Crippen LogP contribution in [-0.2, 0) is 13.0 Å². The van der Waals surface area contributed by atoms with Crippen molar-refractivity contribution in [1.82, 2.24) is 14.9 Å². The first-order chi connectivity index (χ1) is 19.6. The predicted octanol–water partition coefficient (Wildman–Crippen LogP) is 6.41. The normalized spacial score (nSPS) is 11.1. The minimum Gasteiger partial charge on any atom is -0.493 e. The SMILES string of the molecule is COc1cc(C(=O)NCCCCCc2nc3ccccc3n2Cc2cccc3ccccc23)cc(OC)c1OC. The molecular formula is C33H35N3O4. The summed E-state index contributed by atoms with van der Waals surface area (Å²) in [4.78, 5) is 17.7. The second kappa shape index (κ2) is 12.6. The maximum absolute atomic E-state index is 12.8. The first kappa shape index (κ1) is 27.1. The van der Waals surface area contributed by atoms with Crippen LogP contribution in [0.5, 0.6) is 17.2 Å². The van der Waals surface area contributed by atoms with Crippen molar-refractivity contribution in [1.29, 1.82) is 0 Å². The van der Waals surface area contributed by atoms with Gasteiger partial charge in [-0.05, 0) is 53.4 Å². The molecular weight excluding hydrogens is 502 g/mol. The van der Waals surface area contributed by atoms with E-state index in [1.165, 1.54) is 30.6 Å². The van der Waals surface area contributed by atoms with E-state index in [0.717, 1.165) is 49.1 Å². The summed E-state index contributed by atoms with van der Waals surface area (Å²) in [6, 6.07) is 26.7. The van der Waals surface area contributed by atoms with Crippen molar-refractivity contribution in [2.45, 2.75) is 32.2 Å². The number of benzene rings is 4. The third kappa shape index (κ3) is 5.73. The van der Waals surface area contributed by atoms with Crippen LogP contribution in [0.4, 0.5) is 0 Å². The van der Waals surface area contributed by atoms with Crippen LogP contribution in [0.1, 0.15) is 41.0 Å². The van der Waals surface area contributed by atoms with E-state index >= 15 is 0 Å². The molecule has 0 unspecified atom stereocenters. The number of carbonyl (C=O) groups excluding carboxylic acids is 1. The molecule has 0 aliphatic carbocycles. The summed E-state index contributed by atoms with van der Waals surface area (Å²) in [5, 5.41) is 5.53.